The van der Waals surface area contributed by atoms with Crippen LogP contribution in [0.15, 0.2) is 42.5 Å². The van der Waals surface area contributed by atoms with Crippen molar-refractivity contribution in [3.05, 3.63) is 53.9 Å². The molecule has 0 spiro atoms. The number of anilines is 2. The van der Waals surface area contributed by atoms with Gasteiger partial charge in [0.25, 0.3) is 0 Å². The second kappa shape index (κ2) is 7.03. The van der Waals surface area contributed by atoms with E-state index in [4.69, 9.17) is 5.73 Å². The molecule has 3 rings (SSSR count). The first-order chi connectivity index (χ1) is 11.9. The van der Waals surface area contributed by atoms with Crippen molar-refractivity contribution in [1.29, 1.82) is 0 Å². The van der Waals surface area contributed by atoms with E-state index < -0.39 is 0 Å². The van der Waals surface area contributed by atoms with Crippen LogP contribution in [0.5, 0.6) is 0 Å². The Labute approximate surface area is 148 Å². The Morgan fingerprint density at radius 1 is 0.960 bits per heavy atom. The van der Waals surface area contributed by atoms with Crippen molar-refractivity contribution < 1.29 is 0 Å². The van der Waals surface area contributed by atoms with Crippen LogP contribution in [-0.4, -0.2) is 41.0 Å². The molecule has 1 atom stereocenters. The Morgan fingerprint density at radius 2 is 1.68 bits per heavy atom. The van der Waals surface area contributed by atoms with Gasteiger partial charge in [-0.1, -0.05) is 36.4 Å². The molecule has 3 aromatic rings. The van der Waals surface area contributed by atoms with Crippen LogP contribution in [-0.2, 0) is 6.54 Å². The van der Waals surface area contributed by atoms with Crippen molar-refractivity contribution in [2.45, 2.75) is 19.5 Å². The van der Waals surface area contributed by atoms with E-state index in [1.807, 2.05) is 19.0 Å². The number of aromatic nitrogens is 3. The summed E-state index contributed by atoms with van der Waals surface area (Å²) in [5, 5.41) is 2.50. The summed E-state index contributed by atoms with van der Waals surface area (Å²) < 4.78 is 0. The van der Waals surface area contributed by atoms with Gasteiger partial charge in [-0.2, -0.15) is 15.0 Å². The van der Waals surface area contributed by atoms with Gasteiger partial charge in [-0.25, -0.2) is 0 Å². The largest absolute Gasteiger partial charge is 0.368 e. The topological polar surface area (TPSA) is 71.2 Å². The molecular formula is C19H24N6. The molecule has 1 heterocycles. The average Bonchev–Trinajstić information content (AvgIpc) is 2.60. The fourth-order valence-electron chi connectivity index (χ4n) is 2.74. The van der Waals surface area contributed by atoms with Crippen LogP contribution in [0.4, 0.5) is 11.9 Å². The van der Waals surface area contributed by atoms with Gasteiger partial charge in [0.2, 0.25) is 11.9 Å². The third-order valence-corrected chi connectivity index (χ3v) is 4.34. The standard InChI is InChI=1S/C19H24N6/c1-13(17-21-18(20)23-19(22-17)24(2)3)25(4)12-14-9-10-15-7-5-6-8-16(15)11-14/h5-11,13H,12H2,1-4H3,(H2,20,21,22,23)/t13-/m0/s1. The molecule has 6 nitrogen and oxygen atoms in total. The Morgan fingerprint density at radius 3 is 2.40 bits per heavy atom. The quantitative estimate of drug-likeness (QED) is 0.772. The van der Waals surface area contributed by atoms with Crippen LogP contribution in [0.2, 0.25) is 0 Å². The van der Waals surface area contributed by atoms with E-state index in [-0.39, 0.29) is 12.0 Å². The Bertz CT molecular complexity index is 877. The van der Waals surface area contributed by atoms with Crippen LogP contribution in [0.1, 0.15) is 24.4 Å². The maximum absolute atomic E-state index is 5.84. The predicted molar refractivity (Wildman–Crippen MR) is 102 cm³/mol. The molecule has 130 valence electrons. The minimum atomic E-state index is 0.0236. The lowest BCUT2D eigenvalue weighted by molar-refractivity contribution is 0.244. The number of nitrogen functional groups attached to an aromatic ring is 1. The molecule has 0 radical (unpaired) electrons. The summed E-state index contributed by atoms with van der Waals surface area (Å²) in [5.41, 5.74) is 7.10. The Balaban J connectivity index is 1.81. The van der Waals surface area contributed by atoms with Gasteiger partial charge >= 0.3 is 0 Å². The monoisotopic (exact) mass is 336 g/mol. The minimum absolute atomic E-state index is 0.0236. The summed E-state index contributed by atoms with van der Waals surface area (Å²) in [7, 11) is 5.85. The smallest absolute Gasteiger partial charge is 0.229 e. The van der Waals surface area contributed by atoms with Crippen LogP contribution < -0.4 is 10.6 Å². The molecule has 6 heteroatoms. The summed E-state index contributed by atoms with van der Waals surface area (Å²) in [5.74, 6) is 1.51. The molecule has 0 aliphatic carbocycles. The van der Waals surface area contributed by atoms with Gasteiger partial charge in [0.1, 0.15) is 0 Å². The third-order valence-electron chi connectivity index (χ3n) is 4.34. The summed E-state index contributed by atoms with van der Waals surface area (Å²) in [4.78, 5) is 17.0. The molecule has 0 bridgehead atoms. The number of hydrogen-bond acceptors (Lipinski definition) is 6. The predicted octanol–water partition coefficient (Wildman–Crippen LogP) is 2.87. The van der Waals surface area contributed by atoms with Crippen molar-refractivity contribution >= 4 is 22.7 Å². The van der Waals surface area contributed by atoms with Gasteiger partial charge in [-0.05, 0) is 36.4 Å². The first-order valence-electron chi connectivity index (χ1n) is 8.30. The summed E-state index contributed by atoms with van der Waals surface area (Å²) in [6.07, 6.45) is 0. The molecule has 1 aromatic heterocycles. The lowest BCUT2D eigenvalue weighted by Gasteiger charge is -2.24. The van der Waals surface area contributed by atoms with Crippen molar-refractivity contribution in [2.24, 2.45) is 0 Å². The first kappa shape index (κ1) is 17.1. The van der Waals surface area contributed by atoms with Crippen molar-refractivity contribution in [3.63, 3.8) is 0 Å². The van der Waals surface area contributed by atoms with Crippen LogP contribution in [0.25, 0.3) is 10.8 Å². The van der Waals surface area contributed by atoms with Crippen molar-refractivity contribution in [3.8, 4) is 0 Å². The second-order valence-electron chi connectivity index (χ2n) is 6.52. The van der Waals surface area contributed by atoms with Crippen LogP contribution in [0, 0.1) is 0 Å². The number of nitrogens with zero attached hydrogens (tertiary/aromatic N) is 5. The van der Waals surface area contributed by atoms with Crippen LogP contribution >= 0.6 is 0 Å². The van der Waals surface area contributed by atoms with Crippen molar-refractivity contribution in [2.75, 3.05) is 31.8 Å². The highest BCUT2D eigenvalue weighted by Gasteiger charge is 2.17. The summed E-state index contributed by atoms with van der Waals surface area (Å²) in [6, 6.07) is 15.0. The van der Waals surface area contributed by atoms with E-state index in [0.717, 1.165) is 6.54 Å². The van der Waals surface area contributed by atoms with Gasteiger partial charge in [-0.3, -0.25) is 4.90 Å². The third kappa shape index (κ3) is 3.85. The molecule has 0 fully saturated rings. The lowest BCUT2D eigenvalue weighted by Crippen LogP contribution is -2.25. The number of fused-ring (bicyclic) bond motifs is 1. The molecule has 0 aliphatic heterocycles. The van der Waals surface area contributed by atoms with E-state index in [1.165, 1.54) is 16.3 Å². The number of nitrogens with two attached hydrogens (primary N) is 1. The van der Waals surface area contributed by atoms with Gasteiger partial charge < -0.3 is 10.6 Å². The highest BCUT2D eigenvalue weighted by atomic mass is 15.3. The Kier molecular flexibility index (Phi) is 4.81. The average molecular weight is 336 g/mol. The molecule has 0 unspecified atom stereocenters. The Hall–Kier alpha value is -2.73. The fourth-order valence-corrected chi connectivity index (χ4v) is 2.74. The van der Waals surface area contributed by atoms with Gasteiger partial charge in [0, 0.05) is 20.6 Å². The zero-order chi connectivity index (χ0) is 18.0. The minimum Gasteiger partial charge on any atom is -0.368 e. The van der Waals surface area contributed by atoms with Gasteiger partial charge in [0.15, 0.2) is 5.82 Å². The van der Waals surface area contributed by atoms with E-state index in [1.54, 1.807) is 0 Å². The van der Waals surface area contributed by atoms with Crippen molar-refractivity contribution in [1.82, 2.24) is 19.9 Å². The van der Waals surface area contributed by atoms with Gasteiger partial charge in [-0.15, -0.1) is 0 Å². The summed E-state index contributed by atoms with van der Waals surface area (Å²) >= 11 is 0. The number of hydrogen-bond donors (Lipinski definition) is 1. The molecule has 25 heavy (non-hydrogen) atoms. The highest BCUT2D eigenvalue weighted by Crippen LogP contribution is 2.22. The van der Waals surface area contributed by atoms with Crippen LogP contribution in [0.3, 0.4) is 0 Å². The molecule has 0 aliphatic rings. The zero-order valence-corrected chi connectivity index (χ0v) is 15.1. The zero-order valence-electron chi connectivity index (χ0n) is 15.1. The van der Waals surface area contributed by atoms with E-state index in [9.17, 15) is 0 Å². The van der Waals surface area contributed by atoms with E-state index in [2.05, 4.69) is 76.3 Å². The van der Waals surface area contributed by atoms with Gasteiger partial charge in [0.05, 0.1) is 6.04 Å². The molecule has 0 saturated heterocycles. The van der Waals surface area contributed by atoms with E-state index >= 15 is 0 Å². The SMILES string of the molecule is C[C@@H](c1nc(N)nc(N(C)C)n1)N(C)Cc1ccc2ccccc2c1. The maximum Gasteiger partial charge on any atom is 0.229 e. The molecule has 2 N–H and O–H groups in total. The molecule has 0 saturated carbocycles. The normalized spacial score (nSPS) is 12.5. The lowest BCUT2D eigenvalue weighted by atomic mass is 10.1. The molecule has 0 amide bonds. The first-order valence-corrected chi connectivity index (χ1v) is 8.30. The van der Waals surface area contributed by atoms with E-state index in [0.29, 0.717) is 11.8 Å². The molecule has 2 aromatic carbocycles. The molecular weight excluding hydrogens is 312 g/mol. The summed E-state index contributed by atoms with van der Waals surface area (Å²) in [6.45, 7) is 2.88. The fraction of sp³-hybridized carbons (Fsp3) is 0.316. The second-order valence-corrected chi connectivity index (χ2v) is 6.52. The highest BCUT2D eigenvalue weighted by molar-refractivity contribution is 5.82. The maximum atomic E-state index is 5.84. The number of benzene rings is 2. The number of rotatable bonds is 5.